The van der Waals surface area contributed by atoms with Crippen LogP contribution >= 0.6 is 0 Å². The molecule has 0 radical (unpaired) electrons. The van der Waals surface area contributed by atoms with Gasteiger partial charge in [-0.15, -0.1) is 0 Å². The maximum Gasteiger partial charge on any atom is 0.0863 e. The van der Waals surface area contributed by atoms with Gasteiger partial charge in [0.1, 0.15) is 0 Å². The zero-order valence-corrected chi connectivity index (χ0v) is 7.58. The molecule has 0 unspecified atom stereocenters. The van der Waals surface area contributed by atoms with Crippen molar-refractivity contribution in [2.45, 2.75) is 13.8 Å². The Morgan fingerprint density at radius 1 is 1.33 bits per heavy atom. The van der Waals surface area contributed by atoms with E-state index in [1.165, 1.54) is 5.56 Å². The molecule has 0 bridgehead atoms. The molecule has 0 heterocycles. The van der Waals surface area contributed by atoms with Crippen LogP contribution in [-0.4, -0.2) is 6.61 Å². The van der Waals surface area contributed by atoms with Crippen molar-refractivity contribution in [3.63, 3.8) is 0 Å². The summed E-state index contributed by atoms with van der Waals surface area (Å²) in [6.07, 6.45) is 1.80. The van der Waals surface area contributed by atoms with Gasteiger partial charge in [-0.05, 0) is 25.0 Å². The van der Waals surface area contributed by atoms with Crippen molar-refractivity contribution >= 4 is 5.57 Å². The number of allylic oxidation sites excluding steroid dienone is 1. The molecule has 0 atom stereocenters. The summed E-state index contributed by atoms with van der Waals surface area (Å²) in [4.78, 5) is 0. The first-order chi connectivity index (χ1) is 5.84. The Morgan fingerprint density at radius 2 is 2.00 bits per heavy atom. The Balaban J connectivity index is 2.71. The molecular formula is C11H14O. The molecule has 1 nitrogen and oxygen atoms in total. The molecule has 0 N–H and O–H groups in total. The summed E-state index contributed by atoms with van der Waals surface area (Å²) in [7, 11) is 0. The second-order valence-electron chi connectivity index (χ2n) is 2.62. The van der Waals surface area contributed by atoms with Crippen molar-refractivity contribution in [1.82, 2.24) is 0 Å². The molecule has 0 saturated carbocycles. The first kappa shape index (κ1) is 8.85. The van der Waals surface area contributed by atoms with E-state index in [1.54, 1.807) is 6.26 Å². The largest absolute Gasteiger partial charge is 0.501 e. The minimum Gasteiger partial charge on any atom is -0.501 e. The predicted molar refractivity (Wildman–Crippen MR) is 51.7 cm³/mol. The summed E-state index contributed by atoms with van der Waals surface area (Å²) in [5.74, 6) is 0. The summed E-state index contributed by atoms with van der Waals surface area (Å²) < 4.78 is 5.19. The number of rotatable bonds is 3. The lowest BCUT2D eigenvalue weighted by atomic mass is 10.1. The Kier molecular flexibility index (Phi) is 3.39. The maximum absolute atomic E-state index is 5.19. The molecule has 0 spiro atoms. The van der Waals surface area contributed by atoms with E-state index in [2.05, 4.69) is 12.1 Å². The minimum atomic E-state index is 0.726. The highest BCUT2D eigenvalue weighted by Gasteiger charge is 1.92. The minimum absolute atomic E-state index is 0.726. The third-order valence-electron chi connectivity index (χ3n) is 1.66. The molecule has 0 aromatic heterocycles. The van der Waals surface area contributed by atoms with E-state index in [4.69, 9.17) is 4.74 Å². The highest BCUT2D eigenvalue weighted by Crippen LogP contribution is 2.12. The fraction of sp³-hybridized carbons (Fsp3) is 0.273. The molecular weight excluding hydrogens is 148 g/mol. The molecule has 64 valence electrons. The third-order valence-corrected chi connectivity index (χ3v) is 1.66. The van der Waals surface area contributed by atoms with Gasteiger partial charge >= 0.3 is 0 Å². The van der Waals surface area contributed by atoms with Gasteiger partial charge in [-0.25, -0.2) is 0 Å². The van der Waals surface area contributed by atoms with Crippen LogP contribution in [0.5, 0.6) is 0 Å². The normalized spacial score (nSPS) is 11.3. The monoisotopic (exact) mass is 162 g/mol. The van der Waals surface area contributed by atoms with E-state index < -0.39 is 0 Å². The van der Waals surface area contributed by atoms with E-state index in [9.17, 15) is 0 Å². The number of hydrogen-bond acceptors (Lipinski definition) is 1. The van der Waals surface area contributed by atoms with Gasteiger partial charge in [0.15, 0.2) is 0 Å². The lowest BCUT2D eigenvalue weighted by Crippen LogP contribution is -1.82. The summed E-state index contributed by atoms with van der Waals surface area (Å²) in [6.45, 7) is 4.75. The van der Waals surface area contributed by atoms with Crippen LogP contribution in [0.15, 0.2) is 36.6 Å². The summed E-state index contributed by atoms with van der Waals surface area (Å²) in [6, 6.07) is 10.2. The van der Waals surface area contributed by atoms with Gasteiger partial charge in [0.25, 0.3) is 0 Å². The van der Waals surface area contributed by atoms with Gasteiger partial charge in [0.2, 0.25) is 0 Å². The van der Waals surface area contributed by atoms with Gasteiger partial charge in [0, 0.05) is 0 Å². The summed E-state index contributed by atoms with van der Waals surface area (Å²) >= 11 is 0. The van der Waals surface area contributed by atoms with Crippen LogP contribution in [0.3, 0.4) is 0 Å². The summed E-state index contributed by atoms with van der Waals surface area (Å²) in [5.41, 5.74) is 2.38. The highest BCUT2D eigenvalue weighted by atomic mass is 16.5. The van der Waals surface area contributed by atoms with Gasteiger partial charge in [-0.2, -0.15) is 0 Å². The SMILES string of the molecule is CCOC=C(C)c1ccccc1. The van der Waals surface area contributed by atoms with Crippen LogP contribution in [-0.2, 0) is 4.74 Å². The van der Waals surface area contributed by atoms with E-state index in [-0.39, 0.29) is 0 Å². The smallest absolute Gasteiger partial charge is 0.0863 e. The topological polar surface area (TPSA) is 9.23 Å². The van der Waals surface area contributed by atoms with E-state index in [0.717, 1.165) is 12.2 Å². The first-order valence-corrected chi connectivity index (χ1v) is 4.18. The van der Waals surface area contributed by atoms with Crippen LogP contribution in [0, 0.1) is 0 Å². The van der Waals surface area contributed by atoms with Gasteiger partial charge in [0.05, 0.1) is 12.9 Å². The lowest BCUT2D eigenvalue weighted by Gasteiger charge is -2.00. The number of hydrogen-bond donors (Lipinski definition) is 0. The zero-order valence-electron chi connectivity index (χ0n) is 7.58. The van der Waals surface area contributed by atoms with Gasteiger partial charge in [-0.3, -0.25) is 0 Å². The fourth-order valence-corrected chi connectivity index (χ4v) is 0.977. The number of ether oxygens (including phenoxy) is 1. The molecule has 0 saturated heterocycles. The molecule has 1 heteroatoms. The first-order valence-electron chi connectivity index (χ1n) is 4.18. The second kappa shape index (κ2) is 4.60. The molecule has 1 rings (SSSR count). The molecule has 0 aliphatic rings. The standard InChI is InChI=1S/C11H14O/c1-3-12-9-10(2)11-7-5-4-6-8-11/h4-9H,3H2,1-2H3. The Morgan fingerprint density at radius 3 is 2.58 bits per heavy atom. The molecule has 0 amide bonds. The van der Waals surface area contributed by atoms with Crippen molar-refractivity contribution < 1.29 is 4.74 Å². The highest BCUT2D eigenvalue weighted by molar-refractivity contribution is 5.62. The molecule has 0 aliphatic heterocycles. The molecule has 0 aliphatic carbocycles. The maximum atomic E-state index is 5.19. The predicted octanol–water partition coefficient (Wildman–Crippen LogP) is 3.08. The van der Waals surface area contributed by atoms with Crippen molar-refractivity contribution in [3.8, 4) is 0 Å². The Bertz CT molecular complexity index is 249. The quantitative estimate of drug-likeness (QED) is 0.620. The van der Waals surface area contributed by atoms with Crippen LogP contribution in [0.2, 0.25) is 0 Å². The van der Waals surface area contributed by atoms with E-state index in [0.29, 0.717) is 0 Å². The summed E-state index contributed by atoms with van der Waals surface area (Å²) in [5, 5.41) is 0. The third kappa shape index (κ3) is 2.42. The van der Waals surface area contributed by atoms with Crippen LogP contribution in [0.25, 0.3) is 5.57 Å². The van der Waals surface area contributed by atoms with Crippen molar-refractivity contribution in [2.75, 3.05) is 6.61 Å². The molecule has 12 heavy (non-hydrogen) atoms. The average molecular weight is 162 g/mol. The number of benzene rings is 1. The Hall–Kier alpha value is -1.24. The fourth-order valence-electron chi connectivity index (χ4n) is 0.977. The van der Waals surface area contributed by atoms with Crippen molar-refractivity contribution in [3.05, 3.63) is 42.2 Å². The second-order valence-corrected chi connectivity index (χ2v) is 2.62. The van der Waals surface area contributed by atoms with Crippen LogP contribution in [0.1, 0.15) is 19.4 Å². The van der Waals surface area contributed by atoms with Gasteiger partial charge < -0.3 is 4.74 Å². The Labute approximate surface area is 73.7 Å². The van der Waals surface area contributed by atoms with E-state index >= 15 is 0 Å². The van der Waals surface area contributed by atoms with Crippen LogP contribution in [0.4, 0.5) is 0 Å². The van der Waals surface area contributed by atoms with Crippen LogP contribution < -0.4 is 0 Å². The van der Waals surface area contributed by atoms with Crippen molar-refractivity contribution in [1.29, 1.82) is 0 Å². The molecule has 1 aromatic rings. The lowest BCUT2D eigenvalue weighted by molar-refractivity contribution is 0.270. The zero-order chi connectivity index (χ0) is 8.81. The van der Waals surface area contributed by atoms with Crippen molar-refractivity contribution in [2.24, 2.45) is 0 Å². The molecule has 0 fully saturated rings. The van der Waals surface area contributed by atoms with E-state index in [1.807, 2.05) is 32.0 Å². The van der Waals surface area contributed by atoms with Gasteiger partial charge in [-0.1, -0.05) is 30.3 Å². The average Bonchev–Trinajstić information content (AvgIpc) is 2.15. The molecule has 1 aromatic carbocycles.